The molecule has 0 aliphatic heterocycles. The molecule has 3 nitrogen and oxygen atoms in total. The monoisotopic (exact) mass is 298 g/mol. The summed E-state index contributed by atoms with van der Waals surface area (Å²) >= 11 is 0. The molecule has 0 spiro atoms. The van der Waals surface area contributed by atoms with E-state index in [1.807, 2.05) is 0 Å². The van der Waals surface area contributed by atoms with Gasteiger partial charge in [-0.05, 0) is 38.5 Å². The molecule has 3 heteroatoms. The van der Waals surface area contributed by atoms with Crippen LogP contribution in [0.15, 0.2) is 12.2 Å². The van der Waals surface area contributed by atoms with Crippen LogP contribution >= 0.6 is 0 Å². The number of aliphatic hydroxyl groups excluding tert-OH is 1. The third kappa shape index (κ3) is 17.1. The molecule has 0 aromatic carbocycles. The Balaban J connectivity index is 3.23. The SMILES string of the molecule is CCCCC[C@H](O)CC/C=C\CCCCCCCC(=O)O. The molecule has 0 aromatic rings. The molecule has 0 aliphatic carbocycles. The average Bonchev–Trinajstić information content (AvgIpc) is 2.44. The molecule has 0 saturated heterocycles. The van der Waals surface area contributed by atoms with Gasteiger partial charge in [-0.1, -0.05) is 57.6 Å². The predicted molar refractivity (Wildman–Crippen MR) is 88.5 cm³/mol. The minimum atomic E-state index is -0.685. The molecule has 0 fully saturated rings. The van der Waals surface area contributed by atoms with Crippen LogP contribution in [-0.4, -0.2) is 22.3 Å². The van der Waals surface area contributed by atoms with Gasteiger partial charge in [-0.15, -0.1) is 0 Å². The van der Waals surface area contributed by atoms with E-state index in [2.05, 4.69) is 19.1 Å². The summed E-state index contributed by atoms with van der Waals surface area (Å²) in [5, 5.41) is 18.3. The lowest BCUT2D eigenvalue weighted by molar-refractivity contribution is -0.137. The zero-order valence-electron chi connectivity index (χ0n) is 13.7. The van der Waals surface area contributed by atoms with E-state index < -0.39 is 5.97 Å². The Morgan fingerprint density at radius 3 is 2.29 bits per heavy atom. The van der Waals surface area contributed by atoms with Crippen molar-refractivity contribution in [1.29, 1.82) is 0 Å². The van der Waals surface area contributed by atoms with Gasteiger partial charge in [0, 0.05) is 6.42 Å². The predicted octanol–water partition coefficient (Wildman–Crippen LogP) is 5.08. The Morgan fingerprint density at radius 2 is 1.57 bits per heavy atom. The Bertz CT molecular complexity index is 261. The second kappa shape index (κ2) is 15.6. The summed E-state index contributed by atoms with van der Waals surface area (Å²) in [6.45, 7) is 2.18. The zero-order valence-corrected chi connectivity index (χ0v) is 13.7. The summed E-state index contributed by atoms with van der Waals surface area (Å²) in [7, 11) is 0. The van der Waals surface area contributed by atoms with Crippen LogP contribution in [0.4, 0.5) is 0 Å². The van der Waals surface area contributed by atoms with Crippen molar-refractivity contribution in [3.8, 4) is 0 Å². The second-order valence-corrected chi connectivity index (χ2v) is 5.90. The number of aliphatic hydroxyl groups is 1. The van der Waals surface area contributed by atoms with Gasteiger partial charge in [-0.3, -0.25) is 4.79 Å². The van der Waals surface area contributed by atoms with E-state index in [0.717, 1.165) is 51.4 Å². The first-order valence-electron chi connectivity index (χ1n) is 8.71. The van der Waals surface area contributed by atoms with Crippen molar-refractivity contribution in [2.75, 3.05) is 0 Å². The molecule has 124 valence electrons. The van der Waals surface area contributed by atoms with Gasteiger partial charge >= 0.3 is 5.97 Å². The number of unbranched alkanes of at least 4 members (excludes halogenated alkanes) is 7. The number of carbonyl (C=O) groups is 1. The molecule has 0 amide bonds. The van der Waals surface area contributed by atoms with Gasteiger partial charge in [0.1, 0.15) is 0 Å². The number of carboxylic acid groups (broad SMARTS) is 1. The molecule has 0 aromatic heterocycles. The number of rotatable bonds is 15. The maximum absolute atomic E-state index is 10.3. The van der Waals surface area contributed by atoms with Crippen molar-refractivity contribution in [3.63, 3.8) is 0 Å². The summed E-state index contributed by atoms with van der Waals surface area (Å²) in [5.41, 5.74) is 0. The van der Waals surface area contributed by atoms with Gasteiger partial charge in [0.15, 0.2) is 0 Å². The van der Waals surface area contributed by atoms with Gasteiger partial charge in [-0.25, -0.2) is 0 Å². The molecule has 0 rings (SSSR count). The van der Waals surface area contributed by atoms with E-state index in [9.17, 15) is 9.90 Å². The van der Waals surface area contributed by atoms with Gasteiger partial charge in [-0.2, -0.15) is 0 Å². The largest absolute Gasteiger partial charge is 0.481 e. The molecular formula is C18H34O3. The highest BCUT2D eigenvalue weighted by atomic mass is 16.4. The van der Waals surface area contributed by atoms with Crippen LogP contribution in [0.5, 0.6) is 0 Å². The van der Waals surface area contributed by atoms with Gasteiger partial charge in [0.2, 0.25) is 0 Å². The number of allylic oxidation sites excluding steroid dienone is 2. The minimum absolute atomic E-state index is 0.129. The maximum Gasteiger partial charge on any atom is 0.303 e. The first-order chi connectivity index (χ1) is 10.2. The molecule has 0 aliphatic rings. The van der Waals surface area contributed by atoms with Crippen molar-refractivity contribution in [2.24, 2.45) is 0 Å². The fourth-order valence-corrected chi connectivity index (χ4v) is 2.37. The van der Waals surface area contributed by atoms with E-state index in [0.29, 0.717) is 6.42 Å². The molecule has 0 unspecified atom stereocenters. The Hall–Kier alpha value is -0.830. The minimum Gasteiger partial charge on any atom is -0.481 e. The topological polar surface area (TPSA) is 57.5 Å². The van der Waals surface area contributed by atoms with Crippen LogP contribution in [0, 0.1) is 0 Å². The van der Waals surface area contributed by atoms with E-state index >= 15 is 0 Å². The number of hydrogen-bond acceptors (Lipinski definition) is 2. The van der Waals surface area contributed by atoms with Gasteiger partial charge in [0.25, 0.3) is 0 Å². The van der Waals surface area contributed by atoms with Gasteiger partial charge < -0.3 is 10.2 Å². The molecule has 0 radical (unpaired) electrons. The smallest absolute Gasteiger partial charge is 0.303 e. The van der Waals surface area contributed by atoms with Crippen LogP contribution < -0.4 is 0 Å². The summed E-state index contributed by atoms with van der Waals surface area (Å²) < 4.78 is 0. The highest BCUT2D eigenvalue weighted by molar-refractivity contribution is 5.66. The summed E-state index contributed by atoms with van der Waals surface area (Å²) in [4.78, 5) is 10.3. The van der Waals surface area contributed by atoms with E-state index in [-0.39, 0.29) is 6.10 Å². The van der Waals surface area contributed by atoms with Crippen LogP contribution in [0.25, 0.3) is 0 Å². The van der Waals surface area contributed by atoms with Crippen LogP contribution in [0.2, 0.25) is 0 Å². The summed E-state index contributed by atoms with van der Waals surface area (Å²) in [6.07, 6.45) is 17.4. The Morgan fingerprint density at radius 1 is 0.905 bits per heavy atom. The molecular weight excluding hydrogens is 264 g/mol. The van der Waals surface area contributed by atoms with Gasteiger partial charge in [0.05, 0.1) is 6.10 Å². The first-order valence-corrected chi connectivity index (χ1v) is 8.71. The lowest BCUT2D eigenvalue weighted by Crippen LogP contribution is -2.05. The Kier molecular flexibility index (Phi) is 14.9. The van der Waals surface area contributed by atoms with Crippen LogP contribution in [-0.2, 0) is 4.79 Å². The van der Waals surface area contributed by atoms with Crippen molar-refractivity contribution in [1.82, 2.24) is 0 Å². The maximum atomic E-state index is 10.3. The number of hydrogen-bond donors (Lipinski definition) is 2. The molecule has 0 bridgehead atoms. The molecule has 21 heavy (non-hydrogen) atoms. The van der Waals surface area contributed by atoms with E-state index in [4.69, 9.17) is 5.11 Å². The van der Waals surface area contributed by atoms with Crippen molar-refractivity contribution < 1.29 is 15.0 Å². The fraction of sp³-hybridized carbons (Fsp3) is 0.833. The third-order valence-corrected chi connectivity index (χ3v) is 3.74. The second-order valence-electron chi connectivity index (χ2n) is 5.90. The fourth-order valence-electron chi connectivity index (χ4n) is 2.37. The number of aliphatic carboxylic acids is 1. The standard InChI is InChI=1S/C18H34O3/c1-2-3-11-14-17(19)15-12-9-7-5-4-6-8-10-13-16-18(20)21/h7,9,17,19H,2-6,8,10-16H2,1H3,(H,20,21)/b9-7-/t17-/m0/s1. The summed E-state index contributed by atoms with van der Waals surface area (Å²) in [5.74, 6) is -0.685. The van der Waals surface area contributed by atoms with Crippen LogP contribution in [0.3, 0.4) is 0 Å². The van der Waals surface area contributed by atoms with Crippen molar-refractivity contribution in [3.05, 3.63) is 12.2 Å². The first kappa shape index (κ1) is 20.2. The highest BCUT2D eigenvalue weighted by Crippen LogP contribution is 2.10. The van der Waals surface area contributed by atoms with Crippen molar-refractivity contribution >= 4 is 5.97 Å². The molecule has 0 heterocycles. The third-order valence-electron chi connectivity index (χ3n) is 3.74. The van der Waals surface area contributed by atoms with Crippen LogP contribution in [0.1, 0.15) is 90.4 Å². The quantitative estimate of drug-likeness (QED) is 0.327. The Labute approximate surface area is 130 Å². The lowest BCUT2D eigenvalue weighted by Gasteiger charge is -2.07. The molecule has 2 N–H and O–H groups in total. The number of carboxylic acids is 1. The highest BCUT2D eigenvalue weighted by Gasteiger charge is 2.01. The normalized spacial score (nSPS) is 12.9. The average molecular weight is 298 g/mol. The zero-order chi connectivity index (χ0) is 15.8. The van der Waals surface area contributed by atoms with Crippen molar-refractivity contribution in [2.45, 2.75) is 96.5 Å². The summed E-state index contributed by atoms with van der Waals surface area (Å²) in [6, 6.07) is 0. The lowest BCUT2D eigenvalue weighted by atomic mass is 10.1. The molecule has 0 saturated carbocycles. The van der Waals surface area contributed by atoms with E-state index in [1.54, 1.807) is 0 Å². The van der Waals surface area contributed by atoms with E-state index in [1.165, 1.54) is 25.7 Å². The molecule has 1 atom stereocenters.